The number of fused-ring (bicyclic) bond motifs is 1. The Balaban J connectivity index is 2.12. The predicted molar refractivity (Wildman–Crippen MR) is 52.8 cm³/mol. The molecule has 2 heteroatoms. The monoisotopic (exact) mass is 177 g/mol. The molecular formula is C10H11NS. The normalized spacial score (nSPS) is 20.3. The van der Waals surface area contributed by atoms with E-state index in [1.54, 1.807) is 5.56 Å². The third kappa shape index (κ3) is 0.944. The van der Waals surface area contributed by atoms with Gasteiger partial charge in [-0.3, -0.25) is 0 Å². The van der Waals surface area contributed by atoms with E-state index >= 15 is 0 Å². The van der Waals surface area contributed by atoms with E-state index in [-0.39, 0.29) is 0 Å². The number of hydrogen-bond acceptors (Lipinski definition) is 2. The van der Waals surface area contributed by atoms with Gasteiger partial charge in [-0.2, -0.15) is 0 Å². The van der Waals surface area contributed by atoms with E-state index < -0.39 is 0 Å². The Morgan fingerprint density at radius 2 is 2.25 bits per heavy atom. The van der Waals surface area contributed by atoms with Crippen LogP contribution < -0.4 is 5.32 Å². The van der Waals surface area contributed by atoms with Gasteiger partial charge in [0.15, 0.2) is 0 Å². The molecule has 1 heterocycles. The molecule has 0 spiro atoms. The maximum atomic E-state index is 3.45. The van der Waals surface area contributed by atoms with Crippen molar-refractivity contribution < 1.29 is 0 Å². The van der Waals surface area contributed by atoms with Crippen molar-refractivity contribution in [3.8, 4) is 0 Å². The van der Waals surface area contributed by atoms with E-state index in [0.29, 0.717) is 0 Å². The fourth-order valence-electron chi connectivity index (χ4n) is 1.78. The van der Waals surface area contributed by atoms with Crippen LogP contribution in [-0.4, -0.2) is 5.88 Å². The van der Waals surface area contributed by atoms with Gasteiger partial charge in [0.1, 0.15) is 0 Å². The zero-order chi connectivity index (χ0) is 7.97. The van der Waals surface area contributed by atoms with Crippen molar-refractivity contribution in [2.75, 3.05) is 11.2 Å². The number of para-hydroxylation sites is 1. The molecule has 0 bridgehead atoms. The molecule has 1 aromatic carbocycles. The lowest BCUT2D eigenvalue weighted by Gasteiger charge is -2.05. The highest BCUT2D eigenvalue weighted by Gasteiger charge is 2.28. The molecule has 0 unspecified atom stereocenters. The molecular weight excluding hydrogens is 166 g/mol. The minimum Gasteiger partial charge on any atom is -0.375 e. The second-order valence-electron chi connectivity index (χ2n) is 3.46. The van der Waals surface area contributed by atoms with Crippen LogP contribution in [0.15, 0.2) is 23.1 Å². The predicted octanol–water partition coefficient (Wildman–Crippen LogP) is 3.04. The number of thioether (sulfide) groups is 1. The summed E-state index contributed by atoms with van der Waals surface area (Å²) in [7, 11) is 0. The van der Waals surface area contributed by atoms with Crippen molar-refractivity contribution >= 4 is 17.4 Å². The molecule has 2 aliphatic rings. The molecule has 1 aliphatic carbocycles. The van der Waals surface area contributed by atoms with Crippen LogP contribution in [0, 0.1) is 0 Å². The zero-order valence-electron chi connectivity index (χ0n) is 6.84. The summed E-state index contributed by atoms with van der Waals surface area (Å²) in [6.07, 6.45) is 2.78. The lowest BCUT2D eigenvalue weighted by molar-refractivity contribution is 1.11. The molecule has 1 aliphatic heterocycles. The molecule has 0 saturated heterocycles. The molecule has 0 radical (unpaired) electrons. The number of benzene rings is 1. The van der Waals surface area contributed by atoms with E-state index in [1.165, 1.54) is 23.4 Å². The molecule has 1 fully saturated rings. The molecule has 1 nitrogen and oxygen atoms in total. The summed E-state index contributed by atoms with van der Waals surface area (Å²) in [6.45, 7) is 0. The maximum absolute atomic E-state index is 3.45. The summed E-state index contributed by atoms with van der Waals surface area (Å²) in [4.78, 5) is 1.44. The van der Waals surface area contributed by atoms with Gasteiger partial charge in [0.05, 0.1) is 11.6 Å². The number of nitrogens with one attached hydrogen (secondary N) is 1. The first kappa shape index (κ1) is 6.84. The zero-order valence-corrected chi connectivity index (χ0v) is 7.66. The van der Waals surface area contributed by atoms with Crippen LogP contribution in [0.4, 0.5) is 5.69 Å². The smallest absolute Gasteiger partial charge is 0.0658 e. The molecule has 0 aromatic heterocycles. The van der Waals surface area contributed by atoms with E-state index in [0.717, 1.165) is 11.8 Å². The van der Waals surface area contributed by atoms with Crippen molar-refractivity contribution in [2.45, 2.75) is 23.7 Å². The van der Waals surface area contributed by atoms with Crippen LogP contribution in [-0.2, 0) is 0 Å². The summed E-state index contributed by atoms with van der Waals surface area (Å²) in [6, 6.07) is 6.67. The Morgan fingerprint density at radius 3 is 3.08 bits per heavy atom. The second-order valence-corrected chi connectivity index (χ2v) is 4.48. The molecule has 1 N–H and O–H groups in total. The Hall–Kier alpha value is -0.630. The van der Waals surface area contributed by atoms with E-state index in [1.807, 2.05) is 11.8 Å². The van der Waals surface area contributed by atoms with Gasteiger partial charge in [0, 0.05) is 4.90 Å². The minimum absolute atomic E-state index is 0.867. The van der Waals surface area contributed by atoms with Gasteiger partial charge < -0.3 is 5.32 Å². The first-order valence-electron chi connectivity index (χ1n) is 4.45. The summed E-state index contributed by atoms with van der Waals surface area (Å²) < 4.78 is 0. The highest BCUT2D eigenvalue weighted by atomic mass is 32.2. The lowest BCUT2D eigenvalue weighted by atomic mass is 10.1. The molecule has 3 rings (SSSR count). The number of anilines is 1. The minimum atomic E-state index is 0.867. The lowest BCUT2D eigenvalue weighted by Crippen LogP contribution is -1.93. The third-order valence-corrected chi connectivity index (χ3v) is 3.49. The average molecular weight is 177 g/mol. The van der Waals surface area contributed by atoms with Crippen molar-refractivity contribution in [3.05, 3.63) is 23.8 Å². The van der Waals surface area contributed by atoms with E-state index in [2.05, 4.69) is 23.5 Å². The van der Waals surface area contributed by atoms with E-state index in [9.17, 15) is 0 Å². The van der Waals surface area contributed by atoms with Gasteiger partial charge in [-0.25, -0.2) is 0 Å². The van der Waals surface area contributed by atoms with Gasteiger partial charge in [-0.15, -0.1) is 11.8 Å². The Labute approximate surface area is 76.6 Å². The first-order chi connectivity index (χ1) is 5.95. The van der Waals surface area contributed by atoms with Crippen LogP contribution in [0.2, 0.25) is 0 Å². The van der Waals surface area contributed by atoms with Crippen LogP contribution in [0.25, 0.3) is 0 Å². The Bertz CT molecular complexity index is 318. The molecule has 1 saturated carbocycles. The standard InChI is InChI=1S/C10H11NS/c1-2-8(7-4-5-7)10-9(3-1)12-6-11-10/h1-3,7,11H,4-6H2. The van der Waals surface area contributed by atoms with Crippen molar-refractivity contribution in [1.82, 2.24) is 0 Å². The Kier molecular flexibility index (Phi) is 1.38. The average Bonchev–Trinajstić information content (AvgIpc) is 2.82. The van der Waals surface area contributed by atoms with Crippen LogP contribution >= 0.6 is 11.8 Å². The van der Waals surface area contributed by atoms with Gasteiger partial charge in [-0.1, -0.05) is 12.1 Å². The Morgan fingerprint density at radius 1 is 1.33 bits per heavy atom. The fraction of sp³-hybridized carbons (Fsp3) is 0.400. The quantitative estimate of drug-likeness (QED) is 0.707. The van der Waals surface area contributed by atoms with Gasteiger partial charge in [0.2, 0.25) is 0 Å². The van der Waals surface area contributed by atoms with Crippen LogP contribution in [0.3, 0.4) is 0 Å². The summed E-state index contributed by atoms with van der Waals surface area (Å²) >= 11 is 1.92. The van der Waals surface area contributed by atoms with Gasteiger partial charge in [-0.05, 0) is 30.4 Å². The largest absolute Gasteiger partial charge is 0.375 e. The van der Waals surface area contributed by atoms with Crippen molar-refractivity contribution in [3.63, 3.8) is 0 Å². The highest BCUT2D eigenvalue weighted by Crippen LogP contribution is 2.47. The number of rotatable bonds is 1. The molecule has 62 valence electrons. The summed E-state index contributed by atoms with van der Waals surface area (Å²) in [5, 5.41) is 3.45. The third-order valence-electron chi connectivity index (χ3n) is 2.55. The number of hydrogen-bond donors (Lipinski definition) is 1. The van der Waals surface area contributed by atoms with E-state index in [4.69, 9.17) is 0 Å². The van der Waals surface area contributed by atoms with Gasteiger partial charge >= 0.3 is 0 Å². The molecule has 12 heavy (non-hydrogen) atoms. The molecule has 0 atom stereocenters. The van der Waals surface area contributed by atoms with Crippen molar-refractivity contribution in [1.29, 1.82) is 0 Å². The molecule has 1 aromatic rings. The maximum Gasteiger partial charge on any atom is 0.0658 e. The molecule has 0 amide bonds. The highest BCUT2D eigenvalue weighted by molar-refractivity contribution is 7.99. The summed E-state index contributed by atoms with van der Waals surface area (Å²) in [5.41, 5.74) is 2.97. The van der Waals surface area contributed by atoms with Gasteiger partial charge in [0.25, 0.3) is 0 Å². The van der Waals surface area contributed by atoms with Crippen LogP contribution in [0.5, 0.6) is 0 Å². The first-order valence-corrected chi connectivity index (χ1v) is 5.43. The fourth-order valence-corrected chi connectivity index (χ4v) is 2.66. The topological polar surface area (TPSA) is 12.0 Å². The SMILES string of the molecule is c1cc2c(c(C3CC3)c1)NCS2. The van der Waals surface area contributed by atoms with Crippen LogP contribution in [0.1, 0.15) is 24.3 Å². The summed E-state index contributed by atoms with van der Waals surface area (Å²) in [5.74, 6) is 1.92. The second kappa shape index (κ2) is 2.43. The van der Waals surface area contributed by atoms with Crippen molar-refractivity contribution in [2.24, 2.45) is 0 Å².